The number of aryl methyl sites for hydroxylation is 2. The van der Waals surface area contributed by atoms with E-state index in [0.717, 1.165) is 45.4 Å². The molecule has 3 aromatic rings. The van der Waals surface area contributed by atoms with Crippen LogP contribution >= 0.6 is 0 Å². The molecule has 1 aromatic carbocycles. The Balaban J connectivity index is 1.47. The van der Waals surface area contributed by atoms with Crippen molar-refractivity contribution in [2.45, 2.75) is 26.9 Å². The third-order valence-electron chi connectivity index (χ3n) is 4.74. The first-order valence-electron chi connectivity index (χ1n) is 9.82. The van der Waals surface area contributed by atoms with Gasteiger partial charge in [-0.2, -0.15) is 0 Å². The van der Waals surface area contributed by atoms with Crippen LogP contribution in [0.25, 0.3) is 17.3 Å². The van der Waals surface area contributed by atoms with Gasteiger partial charge in [0.05, 0.1) is 23.2 Å². The third-order valence-corrected chi connectivity index (χ3v) is 4.74. The molecule has 7 nitrogen and oxygen atoms in total. The topological polar surface area (TPSA) is 80.9 Å². The average Bonchev–Trinajstić information content (AvgIpc) is 3.11. The summed E-state index contributed by atoms with van der Waals surface area (Å²) >= 11 is 0. The summed E-state index contributed by atoms with van der Waals surface area (Å²) in [6.45, 7) is 7.93. The van der Waals surface area contributed by atoms with E-state index in [0.29, 0.717) is 26.3 Å². The molecule has 1 atom stereocenters. The lowest BCUT2D eigenvalue weighted by molar-refractivity contribution is 0.188. The van der Waals surface area contributed by atoms with Crippen molar-refractivity contribution in [3.05, 3.63) is 53.2 Å². The molecule has 3 heterocycles. The van der Waals surface area contributed by atoms with Gasteiger partial charge in [-0.1, -0.05) is 0 Å². The number of aliphatic hydroxyl groups excluding tert-OH is 1. The molecule has 0 spiro atoms. The summed E-state index contributed by atoms with van der Waals surface area (Å²) in [5.74, 6) is 1.57. The van der Waals surface area contributed by atoms with Crippen molar-refractivity contribution in [2.75, 3.05) is 26.3 Å². The van der Waals surface area contributed by atoms with Crippen molar-refractivity contribution in [2.24, 2.45) is 0 Å². The summed E-state index contributed by atoms with van der Waals surface area (Å²) in [6, 6.07) is 5.86. The number of benzene rings is 1. The molecule has 1 aliphatic heterocycles. The molecule has 152 valence electrons. The molecule has 29 heavy (non-hydrogen) atoms. The number of fused-ring (bicyclic) bond motifs is 2. The Labute approximate surface area is 170 Å². The van der Waals surface area contributed by atoms with Crippen LogP contribution in [-0.2, 0) is 0 Å². The predicted molar refractivity (Wildman–Crippen MR) is 112 cm³/mol. The van der Waals surface area contributed by atoms with Gasteiger partial charge in [0.1, 0.15) is 24.7 Å². The van der Waals surface area contributed by atoms with Crippen LogP contribution < -0.4 is 14.8 Å². The fourth-order valence-corrected chi connectivity index (χ4v) is 3.39. The molecule has 2 N–H and O–H groups in total. The van der Waals surface area contributed by atoms with E-state index >= 15 is 0 Å². The van der Waals surface area contributed by atoms with Gasteiger partial charge in [-0.15, -0.1) is 0 Å². The Bertz CT molecular complexity index is 1060. The van der Waals surface area contributed by atoms with E-state index in [1.54, 1.807) is 6.92 Å². The van der Waals surface area contributed by atoms with Gasteiger partial charge < -0.3 is 24.3 Å². The average molecular weight is 394 g/mol. The van der Waals surface area contributed by atoms with Crippen molar-refractivity contribution >= 4 is 17.3 Å². The van der Waals surface area contributed by atoms with Gasteiger partial charge in [0.25, 0.3) is 0 Å². The van der Waals surface area contributed by atoms with Crippen LogP contribution in [0.5, 0.6) is 11.5 Å². The highest BCUT2D eigenvalue weighted by molar-refractivity contribution is 5.85. The maximum atomic E-state index is 9.24. The summed E-state index contributed by atoms with van der Waals surface area (Å²) in [5, 5.41) is 12.4. The molecule has 0 radical (unpaired) electrons. The van der Waals surface area contributed by atoms with Crippen molar-refractivity contribution in [3.8, 4) is 11.5 Å². The zero-order valence-corrected chi connectivity index (χ0v) is 17.0. The van der Waals surface area contributed by atoms with Crippen molar-refractivity contribution in [1.82, 2.24) is 19.7 Å². The summed E-state index contributed by atoms with van der Waals surface area (Å²) in [6.07, 6.45) is 5.76. The fraction of sp³-hybridized carbons (Fsp3) is 0.364. The quantitative estimate of drug-likeness (QED) is 0.600. The normalized spacial score (nSPS) is 14.3. The van der Waals surface area contributed by atoms with Gasteiger partial charge in [0, 0.05) is 42.7 Å². The summed E-state index contributed by atoms with van der Waals surface area (Å²) in [5.41, 5.74) is 5.69. The molecule has 0 aliphatic carbocycles. The Morgan fingerprint density at radius 3 is 2.97 bits per heavy atom. The van der Waals surface area contributed by atoms with E-state index in [2.05, 4.69) is 16.4 Å². The molecule has 7 heteroatoms. The molecular weight excluding hydrogens is 368 g/mol. The van der Waals surface area contributed by atoms with E-state index in [-0.39, 0.29) is 6.10 Å². The molecule has 0 bridgehead atoms. The molecule has 1 unspecified atom stereocenters. The zero-order chi connectivity index (χ0) is 20.4. The number of aliphatic hydroxyl groups is 1. The van der Waals surface area contributed by atoms with Crippen LogP contribution in [0.2, 0.25) is 0 Å². The van der Waals surface area contributed by atoms with E-state index in [4.69, 9.17) is 14.5 Å². The van der Waals surface area contributed by atoms with Crippen LogP contribution in [0.4, 0.5) is 0 Å². The summed E-state index contributed by atoms with van der Waals surface area (Å²) < 4.78 is 13.8. The number of ether oxygens (including phenoxy) is 2. The smallest absolute Gasteiger partial charge is 0.158 e. The highest BCUT2D eigenvalue weighted by Crippen LogP contribution is 2.33. The number of nitrogens with zero attached hydrogens (tertiary/aromatic N) is 3. The third kappa shape index (κ3) is 4.41. The number of imidazole rings is 1. The Morgan fingerprint density at radius 1 is 1.28 bits per heavy atom. The van der Waals surface area contributed by atoms with Crippen molar-refractivity contribution in [1.29, 1.82) is 0 Å². The van der Waals surface area contributed by atoms with Gasteiger partial charge in [-0.25, -0.2) is 4.98 Å². The molecular formula is C22H26N4O3. The SMILES string of the molecule is Cc1cn2cc(C3=Cc4ccc(OCCNCC(C)O)cc4OC3)nc2c(C)n1. The van der Waals surface area contributed by atoms with Gasteiger partial charge in [0.15, 0.2) is 5.65 Å². The van der Waals surface area contributed by atoms with Gasteiger partial charge in [-0.05, 0) is 39.0 Å². The van der Waals surface area contributed by atoms with Crippen molar-refractivity contribution in [3.63, 3.8) is 0 Å². The maximum Gasteiger partial charge on any atom is 0.158 e. The summed E-state index contributed by atoms with van der Waals surface area (Å²) in [4.78, 5) is 9.23. The minimum absolute atomic E-state index is 0.356. The standard InChI is InChI=1S/C22H26N4O3/c1-14-11-26-12-20(25-22(26)16(3)24-14)18-8-17-4-5-19(9-21(17)29-13-18)28-7-6-23-10-15(2)27/h4-5,8-9,11-12,15,23,27H,6-7,10,13H2,1-3H3. The molecule has 0 saturated heterocycles. The second-order valence-electron chi connectivity index (χ2n) is 7.38. The first-order valence-corrected chi connectivity index (χ1v) is 9.82. The zero-order valence-electron chi connectivity index (χ0n) is 17.0. The van der Waals surface area contributed by atoms with Gasteiger partial charge in [-0.3, -0.25) is 4.98 Å². The van der Waals surface area contributed by atoms with Gasteiger partial charge in [0.2, 0.25) is 0 Å². The number of rotatable bonds is 7. The molecule has 1 aliphatic rings. The lowest BCUT2D eigenvalue weighted by Crippen LogP contribution is -2.28. The number of hydrogen-bond acceptors (Lipinski definition) is 6. The highest BCUT2D eigenvalue weighted by atomic mass is 16.5. The fourth-order valence-electron chi connectivity index (χ4n) is 3.39. The minimum Gasteiger partial charge on any atom is -0.492 e. The second kappa shape index (κ2) is 8.23. The van der Waals surface area contributed by atoms with E-state index in [9.17, 15) is 5.11 Å². The number of hydrogen-bond donors (Lipinski definition) is 2. The van der Waals surface area contributed by atoms with Crippen LogP contribution in [0.15, 0.2) is 30.6 Å². The lowest BCUT2D eigenvalue weighted by atomic mass is 10.1. The molecule has 4 rings (SSSR count). The monoisotopic (exact) mass is 394 g/mol. The van der Waals surface area contributed by atoms with Crippen molar-refractivity contribution < 1.29 is 14.6 Å². The predicted octanol–water partition coefficient (Wildman–Crippen LogP) is 2.63. The molecule has 2 aromatic heterocycles. The molecule has 0 fully saturated rings. The Kier molecular flexibility index (Phi) is 5.51. The minimum atomic E-state index is -0.356. The lowest BCUT2D eigenvalue weighted by Gasteiger charge is -2.18. The second-order valence-corrected chi connectivity index (χ2v) is 7.38. The highest BCUT2D eigenvalue weighted by Gasteiger charge is 2.17. The molecule has 0 saturated carbocycles. The Morgan fingerprint density at radius 2 is 2.14 bits per heavy atom. The van der Waals surface area contributed by atoms with Crippen LogP contribution in [0.3, 0.4) is 0 Å². The summed E-state index contributed by atoms with van der Waals surface area (Å²) in [7, 11) is 0. The Hall–Kier alpha value is -2.90. The largest absolute Gasteiger partial charge is 0.492 e. The number of nitrogens with one attached hydrogen (secondary N) is 1. The maximum absolute atomic E-state index is 9.24. The van der Waals surface area contributed by atoms with Crippen LogP contribution in [-0.4, -0.2) is 51.9 Å². The van der Waals surface area contributed by atoms with E-state index in [1.807, 2.05) is 48.8 Å². The van der Waals surface area contributed by atoms with Crippen LogP contribution in [0.1, 0.15) is 29.6 Å². The molecule has 0 amide bonds. The van der Waals surface area contributed by atoms with Crippen LogP contribution in [0, 0.1) is 13.8 Å². The number of aromatic nitrogens is 3. The van der Waals surface area contributed by atoms with E-state index in [1.165, 1.54) is 0 Å². The van der Waals surface area contributed by atoms with Gasteiger partial charge >= 0.3 is 0 Å². The van der Waals surface area contributed by atoms with E-state index < -0.39 is 0 Å². The first kappa shape index (κ1) is 19.4. The first-order chi connectivity index (χ1) is 14.0.